The van der Waals surface area contributed by atoms with Crippen molar-refractivity contribution in [1.82, 2.24) is 19.9 Å². The number of nitrogens with zero attached hydrogens (tertiary/aromatic N) is 4. The highest BCUT2D eigenvalue weighted by molar-refractivity contribution is 5.53. The molecule has 114 valence electrons. The molecular weight excluding hydrogens is 262 g/mol. The molecule has 3 heterocycles. The van der Waals surface area contributed by atoms with Crippen molar-refractivity contribution in [3.8, 4) is 0 Å². The zero-order valence-electron chi connectivity index (χ0n) is 13.0. The first-order chi connectivity index (χ1) is 10.3. The number of nitrogens with one attached hydrogen (secondary N) is 1. The van der Waals surface area contributed by atoms with Gasteiger partial charge in [0.1, 0.15) is 12.1 Å². The van der Waals surface area contributed by atoms with Crippen LogP contribution in [0.15, 0.2) is 18.5 Å². The van der Waals surface area contributed by atoms with E-state index >= 15 is 0 Å². The van der Waals surface area contributed by atoms with E-state index in [1.54, 1.807) is 6.33 Å². The van der Waals surface area contributed by atoms with E-state index in [-0.39, 0.29) is 0 Å². The molecule has 2 aromatic heterocycles. The Morgan fingerprint density at radius 1 is 1.43 bits per heavy atom. The van der Waals surface area contributed by atoms with Gasteiger partial charge in [-0.3, -0.25) is 0 Å². The van der Waals surface area contributed by atoms with Crippen molar-refractivity contribution in [1.29, 1.82) is 0 Å². The Hall–Kier alpha value is -1.62. The molecule has 0 aromatic carbocycles. The second-order valence-electron chi connectivity index (χ2n) is 6.01. The minimum atomic E-state index is 0.598. The third-order valence-electron chi connectivity index (χ3n) is 4.21. The van der Waals surface area contributed by atoms with Gasteiger partial charge in [0.25, 0.3) is 0 Å². The van der Waals surface area contributed by atoms with Crippen molar-refractivity contribution >= 4 is 11.5 Å². The van der Waals surface area contributed by atoms with Crippen LogP contribution in [0, 0.1) is 6.92 Å². The lowest BCUT2D eigenvalue weighted by Crippen LogP contribution is -2.39. The highest BCUT2D eigenvalue weighted by Crippen LogP contribution is 2.20. The Labute approximate surface area is 126 Å². The van der Waals surface area contributed by atoms with Gasteiger partial charge < -0.3 is 10.2 Å². The third kappa shape index (κ3) is 3.18. The molecule has 0 radical (unpaired) electrons. The van der Waals surface area contributed by atoms with Gasteiger partial charge in [0, 0.05) is 19.1 Å². The van der Waals surface area contributed by atoms with Gasteiger partial charge in [-0.05, 0) is 50.4 Å². The molecule has 21 heavy (non-hydrogen) atoms. The summed E-state index contributed by atoms with van der Waals surface area (Å²) in [5.41, 5.74) is 2.18. The van der Waals surface area contributed by atoms with Crippen molar-refractivity contribution in [2.45, 2.75) is 45.6 Å². The third-order valence-corrected chi connectivity index (χ3v) is 4.21. The van der Waals surface area contributed by atoms with Crippen LogP contribution >= 0.6 is 0 Å². The van der Waals surface area contributed by atoms with Crippen molar-refractivity contribution in [3.05, 3.63) is 24.0 Å². The molecule has 3 rings (SSSR count). The summed E-state index contributed by atoms with van der Waals surface area (Å²) in [6, 6.07) is 4.91. The average molecular weight is 287 g/mol. The van der Waals surface area contributed by atoms with Gasteiger partial charge in [0.2, 0.25) is 0 Å². The molecule has 0 spiro atoms. The molecule has 1 atom stereocenters. The van der Waals surface area contributed by atoms with E-state index in [9.17, 15) is 0 Å². The second kappa shape index (κ2) is 6.43. The number of aromatic nitrogens is 3. The summed E-state index contributed by atoms with van der Waals surface area (Å²) < 4.78 is 1.97. The van der Waals surface area contributed by atoms with E-state index in [1.165, 1.54) is 37.1 Å². The lowest BCUT2D eigenvalue weighted by atomic mass is 10.2. The normalized spacial score (nSPS) is 18.5. The summed E-state index contributed by atoms with van der Waals surface area (Å²) in [6.07, 6.45) is 6.62. The van der Waals surface area contributed by atoms with Crippen LogP contribution in [0.4, 0.5) is 5.82 Å². The predicted molar refractivity (Wildman–Crippen MR) is 85.9 cm³/mol. The number of rotatable bonds is 6. The molecule has 1 saturated heterocycles. The number of anilines is 1. The monoisotopic (exact) mass is 287 g/mol. The number of unbranched alkanes of at least 4 members (excludes halogenated alkanes) is 1. The zero-order chi connectivity index (χ0) is 14.7. The Morgan fingerprint density at radius 3 is 3.10 bits per heavy atom. The largest absolute Gasteiger partial charge is 0.355 e. The van der Waals surface area contributed by atoms with E-state index in [2.05, 4.69) is 46.3 Å². The zero-order valence-corrected chi connectivity index (χ0v) is 13.0. The van der Waals surface area contributed by atoms with Crippen molar-refractivity contribution in [3.63, 3.8) is 0 Å². The summed E-state index contributed by atoms with van der Waals surface area (Å²) in [7, 11) is 0. The summed E-state index contributed by atoms with van der Waals surface area (Å²) >= 11 is 0. The van der Waals surface area contributed by atoms with E-state index in [0.29, 0.717) is 6.04 Å². The molecule has 1 aliphatic heterocycles. The molecule has 2 aromatic rings. The quantitative estimate of drug-likeness (QED) is 0.886. The van der Waals surface area contributed by atoms with Crippen molar-refractivity contribution in [2.24, 2.45) is 0 Å². The molecule has 1 fully saturated rings. The maximum absolute atomic E-state index is 4.41. The van der Waals surface area contributed by atoms with Crippen LogP contribution in [0.3, 0.4) is 0 Å². The molecule has 0 bridgehead atoms. The first kappa shape index (κ1) is 14.3. The van der Waals surface area contributed by atoms with Crippen LogP contribution in [0.1, 0.15) is 38.2 Å². The fourth-order valence-corrected chi connectivity index (χ4v) is 3.09. The number of pyridine rings is 1. The smallest absolute Gasteiger partial charge is 0.157 e. The van der Waals surface area contributed by atoms with Crippen molar-refractivity contribution in [2.75, 3.05) is 24.5 Å². The number of hydrogen-bond acceptors (Lipinski definition) is 4. The maximum atomic E-state index is 4.41. The predicted octanol–water partition coefficient (Wildman–Crippen LogP) is 2.40. The fourth-order valence-electron chi connectivity index (χ4n) is 3.09. The van der Waals surface area contributed by atoms with Crippen LogP contribution in [0.5, 0.6) is 0 Å². The van der Waals surface area contributed by atoms with Crippen molar-refractivity contribution < 1.29 is 0 Å². The average Bonchev–Trinajstić information content (AvgIpc) is 3.13. The summed E-state index contributed by atoms with van der Waals surface area (Å²) in [5, 5.41) is 8.01. The second-order valence-corrected chi connectivity index (χ2v) is 6.01. The summed E-state index contributed by atoms with van der Waals surface area (Å²) in [4.78, 5) is 6.82. The van der Waals surface area contributed by atoms with Gasteiger partial charge in [-0.2, -0.15) is 9.61 Å². The number of aryl methyl sites for hydroxylation is 1. The Balaban J connectivity index is 1.90. The van der Waals surface area contributed by atoms with E-state index in [0.717, 1.165) is 25.3 Å². The van der Waals surface area contributed by atoms with Gasteiger partial charge >= 0.3 is 0 Å². The number of hydrogen-bond donors (Lipinski definition) is 1. The van der Waals surface area contributed by atoms with Crippen LogP contribution in [-0.2, 0) is 0 Å². The van der Waals surface area contributed by atoms with Gasteiger partial charge in [-0.15, -0.1) is 0 Å². The standard InChI is InChI=1S/C16H25N5/c1-3-4-8-20(11-14-6-5-7-17-14)16-10-13(2)9-15-18-12-19-21(15)16/h9-10,12,14,17H,3-8,11H2,1-2H3. The van der Waals surface area contributed by atoms with Gasteiger partial charge in [-0.1, -0.05) is 13.3 Å². The highest BCUT2D eigenvalue weighted by atomic mass is 15.4. The first-order valence-corrected chi connectivity index (χ1v) is 8.06. The lowest BCUT2D eigenvalue weighted by Gasteiger charge is -2.28. The van der Waals surface area contributed by atoms with E-state index < -0.39 is 0 Å². The fraction of sp³-hybridized carbons (Fsp3) is 0.625. The topological polar surface area (TPSA) is 45.5 Å². The highest BCUT2D eigenvalue weighted by Gasteiger charge is 2.20. The molecule has 0 saturated carbocycles. The Morgan fingerprint density at radius 2 is 2.33 bits per heavy atom. The molecule has 1 unspecified atom stereocenters. The van der Waals surface area contributed by atoms with Gasteiger partial charge in [0.15, 0.2) is 5.65 Å². The first-order valence-electron chi connectivity index (χ1n) is 8.06. The summed E-state index contributed by atoms with van der Waals surface area (Å²) in [6.45, 7) is 7.65. The molecular formula is C16H25N5. The minimum Gasteiger partial charge on any atom is -0.355 e. The number of fused-ring (bicyclic) bond motifs is 1. The van der Waals surface area contributed by atoms with E-state index in [4.69, 9.17) is 0 Å². The lowest BCUT2D eigenvalue weighted by molar-refractivity contribution is 0.565. The molecule has 5 heteroatoms. The molecule has 5 nitrogen and oxygen atoms in total. The summed E-state index contributed by atoms with van der Waals surface area (Å²) in [5.74, 6) is 1.17. The van der Waals surface area contributed by atoms with Gasteiger partial charge in [0.05, 0.1) is 0 Å². The molecule has 1 aliphatic rings. The maximum Gasteiger partial charge on any atom is 0.157 e. The minimum absolute atomic E-state index is 0.598. The molecule has 0 aliphatic carbocycles. The van der Waals surface area contributed by atoms with Crippen LogP contribution in [-0.4, -0.2) is 40.3 Å². The molecule has 0 amide bonds. The Kier molecular flexibility index (Phi) is 4.39. The van der Waals surface area contributed by atoms with Gasteiger partial charge in [-0.25, -0.2) is 4.98 Å². The SMILES string of the molecule is CCCCN(CC1CCCN1)c1cc(C)cc2ncnn12. The molecule has 1 N–H and O–H groups in total. The van der Waals surface area contributed by atoms with Crippen LogP contribution in [0.2, 0.25) is 0 Å². The van der Waals surface area contributed by atoms with Crippen LogP contribution in [0.25, 0.3) is 5.65 Å². The van der Waals surface area contributed by atoms with Crippen LogP contribution < -0.4 is 10.2 Å². The Bertz CT molecular complexity index is 585. The van der Waals surface area contributed by atoms with E-state index in [1.807, 2.05) is 4.52 Å².